The van der Waals surface area contributed by atoms with Gasteiger partial charge in [0, 0.05) is 12.6 Å². The van der Waals surface area contributed by atoms with E-state index in [4.69, 9.17) is 9.47 Å². The summed E-state index contributed by atoms with van der Waals surface area (Å²) in [7, 11) is 0. The average Bonchev–Trinajstić information content (AvgIpc) is 2.96. The zero-order chi connectivity index (χ0) is 13.8. The SMILES string of the molecule is CCCNCc1cn(-c2ccc3c(c2)OCCO3)nn1. The third-order valence-corrected chi connectivity index (χ3v) is 3.06. The molecule has 20 heavy (non-hydrogen) atoms. The largest absolute Gasteiger partial charge is 0.486 e. The van der Waals surface area contributed by atoms with Crippen molar-refractivity contribution in [3.63, 3.8) is 0 Å². The molecule has 106 valence electrons. The molecule has 0 bridgehead atoms. The second-order valence-electron chi connectivity index (χ2n) is 4.66. The topological polar surface area (TPSA) is 61.2 Å². The van der Waals surface area contributed by atoms with E-state index < -0.39 is 0 Å². The number of rotatable bonds is 5. The second kappa shape index (κ2) is 5.92. The second-order valence-corrected chi connectivity index (χ2v) is 4.66. The van der Waals surface area contributed by atoms with Crippen molar-refractivity contribution in [2.45, 2.75) is 19.9 Å². The van der Waals surface area contributed by atoms with Crippen molar-refractivity contribution in [2.75, 3.05) is 19.8 Å². The zero-order valence-corrected chi connectivity index (χ0v) is 11.5. The summed E-state index contributed by atoms with van der Waals surface area (Å²) in [5.74, 6) is 1.54. The van der Waals surface area contributed by atoms with E-state index in [1.807, 2.05) is 24.4 Å². The highest BCUT2D eigenvalue weighted by molar-refractivity contribution is 5.49. The Hall–Kier alpha value is -2.08. The van der Waals surface area contributed by atoms with Crippen LogP contribution >= 0.6 is 0 Å². The van der Waals surface area contributed by atoms with Gasteiger partial charge in [-0.1, -0.05) is 12.1 Å². The van der Waals surface area contributed by atoms with E-state index in [0.717, 1.165) is 42.4 Å². The van der Waals surface area contributed by atoms with Crippen molar-refractivity contribution in [1.29, 1.82) is 0 Å². The molecule has 0 radical (unpaired) electrons. The summed E-state index contributed by atoms with van der Waals surface area (Å²) in [6.07, 6.45) is 3.03. The van der Waals surface area contributed by atoms with Crippen molar-refractivity contribution in [3.05, 3.63) is 30.1 Å². The molecular formula is C14H18N4O2. The lowest BCUT2D eigenvalue weighted by Crippen LogP contribution is -2.15. The van der Waals surface area contributed by atoms with Crippen molar-refractivity contribution in [2.24, 2.45) is 0 Å². The molecule has 1 aliphatic heterocycles. The normalized spacial score (nSPS) is 13.4. The van der Waals surface area contributed by atoms with Crippen molar-refractivity contribution in [3.8, 4) is 17.2 Å². The van der Waals surface area contributed by atoms with Gasteiger partial charge in [0.25, 0.3) is 0 Å². The summed E-state index contributed by atoms with van der Waals surface area (Å²) in [5, 5.41) is 11.6. The van der Waals surface area contributed by atoms with Gasteiger partial charge in [-0.05, 0) is 25.1 Å². The van der Waals surface area contributed by atoms with E-state index in [0.29, 0.717) is 13.2 Å². The van der Waals surface area contributed by atoms with Crippen LogP contribution in [0.15, 0.2) is 24.4 Å². The maximum atomic E-state index is 5.57. The molecule has 6 heteroatoms. The van der Waals surface area contributed by atoms with E-state index in [-0.39, 0.29) is 0 Å². The van der Waals surface area contributed by atoms with E-state index in [1.165, 1.54) is 0 Å². The Morgan fingerprint density at radius 2 is 2.10 bits per heavy atom. The molecule has 0 aliphatic carbocycles. The van der Waals surface area contributed by atoms with E-state index in [1.54, 1.807) is 4.68 Å². The zero-order valence-electron chi connectivity index (χ0n) is 11.5. The molecular weight excluding hydrogens is 256 g/mol. The van der Waals surface area contributed by atoms with Crippen LogP contribution in [-0.4, -0.2) is 34.8 Å². The fourth-order valence-electron chi connectivity index (χ4n) is 2.07. The third-order valence-electron chi connectivity index (χ3n) is 3.06. The predicted molar refractivity (Wildman–Crippen MR) is 74.3 cm³/mol. The van der Waals surface area contributed by atoms with Crippen LogP contribution in [0.25, 0.3) is 5.69 Å². The first-order valence-electron chi connectivity index (χ1n) is 6.89. The molecule has 0 fully saturated rings. The van der Waals surface area contributed by atoms with Crippen molar-refractivity contribution in [1.82, 2.24) is 20.3 Å². The van der Waals surface area contributed by atoms with E-state index >= 15 is 0 Å². The molecule has 0 atom stereocenters. The van der Waals surface area contributed by atoms with Crippen LogP contribution in [-0.2, 0) is 6.54 Å². The molecule has 1 aromatic heterocycles. The van der Waals surface area contributed by atoms with Crippen LogP contribution in [0.5, 0.6) is 11.5 Å². The standard InChI is InChI=1S/C14H18N4O2/c1-2-5-15-9-11-10-18(17-16-11)12-3-4-13-14(8-12)20-7-6-19-13/h3-4,8,10,15H,2,5-7,9H2,1H3. The average molecular weight is 274 g/mol. The minimum absolute atomic E-state index is 0.583. The number of fused-ring (bicyclic) bond motifs is 1. The highest BCUT2D eigenvalue weighted by Gasteiger charge is 2.13. The molecule has 0 saturated carbocycles. The van der Waals surface area contributed by atoms with Gasteiger partial charge in [0.15, 0.2) is 11.5 Å². The maximum absolute atomic E-state index is 5.57. The first kappa shape index (κ1) is 12.9. The minimum Gasteiger partial charge on any atom is -0.486 e. The molecule has 1 aromatic carbocycles. The molecule has 1 N–H and O–H groups in total. The highest BCUT2D eigenvalue weighted by atomic mass is 16.6. The third kappa shape index (κ3) is 2.75. The molecule has 0 unspecified atom stereocenters. The maximum Gasteiger partial charge on any atom is 0.163 e. The Morgan fingerprint density at radius 1 is 1.25 bits per heavy atom. The fraction of sp³-hybridized carbons (Fsp3) is 0.429. The Bertz CT molecular complexity index is 582. The molecule has 0 spiro atoms. The Balaban J connectivity index is 1.75. The number of hydrogen-bond donors (Lipinski definition) is 1. The smallest absolute Gasteiger partial charge is 0.163 e. The number of hydrogen-bond acceptors (Lipinski definition) is 5. The molecule has 0 amide bonds. The Morgan fingerprint density at radius 3 is 2.95 bits per heavy atom. The number of aromatic nitrogens is 3. The first-order valence-corrected chi connectivity index (χ1v) is 6.89. The van der Waals surface area contributed by atoms with Gasteiger partial charge < -0.3 is 14.8 Å². The van der Waals surface area contributed by atoms with Crippen LogP contribution < -0.4 is 14.8 Å². The Kier molecular flexibility index (Phi) is 3.83. The Labute approximate surface area is 117 Å². The first-order chi connectivity index (χ1) is 9.86. The quantitative estimate of drug-likeness (QED) is 0.838. The van der Waals surface area contributed by atoms with Crippen LogP contribution in [0.2, 0.25) is 0 Å². The molecule has 2 aromatic rings. The van der Waals surface area contributed by atoms with Crippen LogP contribution in [0.4, 0.5) is 0 Å². The molecule has 2 heterocycles. The number of ether oxygens (including phenoxy) is 2. The summed E-state index contributed by atoms with van der Waals surface area (Å²) < 4.78 is 12.8. The summed E-state index contributed by atoms with van der Waals surface area (Å²) in [6, 6.07) is 5.78. The van der Waals surface area contributed by atoms with Gasteiger partial charge in [0.05, 0.1) is 17.6 Å². The molecule has 6 nitrogen and oxygen atoms in total. The molecule has 0 saturated heterocycles. The van der Waals surface area contributed by atoms with Gasteiger partial charge in [-0.3, -0.25) is 0 Å². The van der Waals surface area contributed by atoms with Gasteiger partial charge >= 0.3 is 0 Å². The van der Waals surface area contributed by atoms with Gasteiger partial charge in [0.2, 0.25) is 0 Å². The summed E-state index contributed by atoms with van der Waals surface area (Å²) >= 11 is 0. The van der Waals surface area contributed by atoms with Crippen LogP contribution in [0.3, 0.4) is 0 Å². The van der Waals surface area contributed by atoms with Crippen LogP contribution in [0.1, 0.15) is 19.0 Å². The van der Waals surface area contributed by atoms with Gasteiger partial charge in [-0.2, -0.15) is 0 Å². The lowest BCUT2D eigenvalue weighted by Gasteiger charge is -2.18. The van der Waals surface area contributed by atoms with Gasteiger partial charge in [-0.25, -0.2) is 4.68 Å². The van der Waals surface area contributed by atoms with Gasteiger partial charge in [0.1, 0.15) is 13.2 Å². The van der Waals surface area contributed by atoms with E-state index in [9.17, 15) is 0 Å². The number of nitrogens with zero attached hydrogens (tertiary/aromatic N) is 3. The lowest BCUT2D eigenvalue weighted by atomic mass is 10.2. The van der Waals surface area contributed by atoms with Crippen molar-refractivity contribution < 1.29 is 9.47 Å². The number of benzene rings is 1. The summed E-state index contributed by atoms with van der Waals surface area (Å²) in [5.41, 5.74) is 1.84. The monoisotopic (exact) mass is 274 g/mol. The van der Waals surface area contributed by atoms with Crippen molar-refractivity contribution >= 4 is 0 Å². The van der Waals surface area contributed by atoms with Crippen LogP contribution in [0, 0.1) is 0 Å². The highest BCUT2D eigenvalue weighted by Crippen LogP contribution is 2.31. The van der Waals surface area contributed by atoms with Gasteiger partial charge in [-0.15, -0.1) is 5.10 Å². The van der Waals surface area contributed by atoms with E-state index in [2.05, 4.69) is 22.6 Å². The number of nitrogens with one attached hydrogen (secondary N) is 1. The molecule has 3 rings (SSSR count). The lowest BCUT2D eigenvalue weighted by molar-refractivity contribution is 0.171. The predicted octanol–water partition coefficient (Wildman–Crippen LogP) is 1.54. The minimum atomic E-state index is 0.583. The fourth-order valence-corrected chi connectivity index (χ4v) is 2.07. The molecule has 1 aliphatic rings. The summed E-state index contributed by atoms with van der Waals surface area (Å²) in [4.78, 5) is 0. The summed E-state index contributed by atoms with van der Waals surface area (Å²) in [6.45, 7) is 5.04.